The number of hydrogen-bond donors (Lipinski definition) is 1. The van der Waals surface area contributed by atoms with Gasteiger partial charge in [0.05, 0.1) is 20.8 Å². The monoisotopic (exact) mass is 439 g/mol. The summed E-state index contributed by atoms with van der Waals surface area (Å²) in [5.41, 5.74) is 4.02. The van der Waals surface area contributed by atoms with Gasteiger partial charge in [0, 0.05) is 44.4 Å². The fourth-order valence-corrected chi connectivity index (χ4v) is 3.97. The highest BCUT2D eigenvalue weighted by molar-refractivity contribution is 5.93. The van der Waals surface area contributed by atoms with Crippen molar-refractivity contribution < 1.29 is 19.1 Å². The summed E-state index contributed by atoms with van der Waals surface area (Å²) in [6.07, 6.45) is 1.06. The number of carbonyl (C=O) groups is 2. The molecule has 0 unspecified atom stereocenters. The highest BCUT2D eigenvalue weighted by Gasteiger charge is 2.22. The number of rotatable bonds is 8. The molecule has 1 aliphatic heterocycles. The third-order valence-electron chi connectivity index (χ3n) is 5.88. The average molecular weight is 440 g/mol. The normalized spacial score (nSPS) is 14.2. The lowest BCUT2D eigenvalue weighted by molar-refractivity contribution is -0.133. The van der Waals surface area contributed by atoms with Crippen LogP contribution in [0.2, 0.25) is 0 Å². The molecule has 0 saturated carbocycles. The number of amides is 2. The van der Waals surface area contributed by atoms with Crippen molar-refractivity contribution in [3.05, 3.63) is 53.1 Å². The van der Waals surface area contributed by atoms with E-state index in [1.165, 1.54) is 0 Å². The van der Waals surface area contributed by atoms with E-state index in [-0.39, 0.29) is 11.8 Å². The molecule has 2 amide bonds. The summed E-state index contributed by atoms with van der Waals surface area (Å²) in [6.45, 7) is 6.98. The van der Waals surface area contributed by atoms with Gasteiger partial charge in [0.2, 0.25) is 11.8 Å². The Morgan fingerprint density at radius 2 is 1.53 bits per heavy atom. The molecule has 1 saturated heterocycles. The van der Waals surface area contributed by atoms with E-state index in [1.807, 2.05) is 55.1 Å². The van der Waals surface area contributed by atoms with Gasteiger partial charge >= 0.3 is 0 Å². The molecule has 2 aromatic rings. The fraction of sp³-hybridized carbons (Fsp3) is 0.440. The first-order valence-corrected chi connectivity index (χ1v) is 11.0. The minimum atomic E-state index is -0.0193. The Morgan fingerprint density at radius 3 is 2.09 bits per heavy atom. The van der Waals surface area contributed by atoms with Crippen LogP contribution in [0.4, 0.5) is 5.69 Å². The van der Waals surface area contributed by atoms with Crippen molar-refractivity contribution in [3.8, 4) is 11.5 Å². The molecule has 0 spiro atoms. The summed E-state index contributed by atoms with van der Waals surface area (Å²) in [7, 11) is 3.23. The van der Waals surface area contributed by atoms with Gasteiger partial charge in [0.1, 0.15) is 11.5 Å². The van der Waals surface area contributed by atoms with Crippen LogP contribution in [0.3, 0.4) is 0 Å². The Bertz CT molecular complexity index is 910. The van der Waals surface area contributed by atoms with Crippen molar-refractivity contribution in [2.75, 3.05) is 52.3 Å². The van der Waals surface area contributed by atoms with Gasteiger partial charge in [-0.05, 0) is 49.1 Å². The largest absolute Gasteiger partial charge is 0.497 e. The van der Waals surface area contributed by atoms with Crippen LogP contribution in [0.1, 0.15) is 23.1 Å². The molecule has 1 fully saturated rings. The third-order valence-corrected chi connectivity index (χ3v) is 5.88. The van der Waals surface area contributed by atoms with Crippen LogP contribution < -0.4 is 14.8 Å². The third kappa shape index (κ3) is 6.23. The van der Waals surface area contributed by atoms with Gasteiger partial charge in [-0.2, -0.15) is 0 Å². The number of para-hydroxylation sites is 1. The summed E-state index contributed by atoms with van der Waals surface area (Å²) in [5, 5.41) is 3.04. The second-order valence-electron chi connectivity index (χ2n) is 8.19. The molecule has 2 aromatic carbocycles. The average Bonchev–Trinajstić information content (AvgIpc) is 2.80. The Hall–Kier alpha value is -3.06. The minimum Gasteiger partial charge on any atom is -0.497 e. The summed E-state index contributed by atoms with van der Waals surface area (Å²) < 4.78 is 10.6. The predicted molar refractivity (Wildman–Crippen MR) is 125 cm³/mol. The summed E-state index contributed by atoms with van der Waals surface area (Å²) >= 11 is 0. The SMILES string of the molecule is COc1cc(CCC(=O)N2CCN(CC(=O)Nc3c(C)cccc3C)CC2)cc(OC)c1. The number of carbonyl (C=O) groups excluding carboxylic acids is 2. The van der Waals surface area contributed by atoms with Gasteiger partial charge in [0.25, 0.3) is 0 Å². The van der Waals surface area contributed by atoms with Gasteiger partial charge < -0.3 is 19.7 Å². The number of hydrogen-bond acceptors (Lipinski definition) is 5. The number of piperazine rings is 1. The van der Waals surface area contributed by atoms with Gasteiger partial charge in [0.15, 0.2) is 0 Å². The van der Waals surface area contributed by atoms with E-state index in [0.717, 1.165) is 33.9 Å². The zero-order chi connectivity index (χ0) is 23.1. The lowest BCUT2D eigenvalue weighted by Gasteiger charge is -2.34. The van der Waals surface area contributed by atoms with Crippen LogP contribution in [0.15, 0.2) is 36.4 Å². The molecule has 32 heavy (non-hydrogen) atoms. The van der Waals surface area contributed by atoms with Gasteiger partial charge in [-0.1, -0.05) is 18.2 Å². The molecule has 0 aliphatic carbocycles. The minimum absolute atomic E-state index is 0.0193. The van der Waals surface area contributed by atoms with E-state index < -0.39 is 0 Å². The first kappa shape index (κ1) is 23.6. The maximum absolute atomic E-state index is 12.7. The quantitative estimate of drug-likeness (QED) is 0.685. The Kier molecular flexibility index (Phi) is 8.11. The van der Waals surface area contributed by atoms with Crippen molar-refractivity contribution >= 4 is 17.5 Å². The molecule has 1 aliphatic rings. The van der Waals surface area contributed by atoms with E-state index >= 15 is 0 Å². The molecule has 0 aromatic heterocycles. The van der Waals surface area contributed by atoms with Crippen LogP contribution in [0, 0.1) is 13.8 Å². The van der Waals surface area contributed by atoms with E-state index in [0.29, 0.717) is 45.6 Å². The maximum Gasteiger partial charge on any atom is 0.238 e. The number of nitrogens with zero attached hydrogens (tertiary/aromatic N) is 2. The highest BCUT2D eigenvalue weighted by atomic mass is 16.5. The van der Waals surface area contributed by atoms with E-state index in [4.69, 9.17) is 9.47 Å². The molecule has 0 radical (unpaired) electrons. The predicted octanol–water partition coefficient (Wildman–Crippen LogP) is 3.04. The number of nitrogens with one attached hydrogen (secondary N) is 1. The van der Waals surface area contributed by atoms with Gasteiger partial charge in [-0.3, -0.25) is 14.5 Å². The molecule has 1 heterocycles. The first-order valence-electron chi connectivity index (χ1n) is 11.0. The van der Waals surface area contributed by atoms with Crippen LogP contribution >= 0.6 is 0 Å². The van der Waals surface area contributed by atoms with Crippen LogP contribution in [0.5, 0.6) is 11.5 Å². The second-order valence-corrected chi connectivity index (χ2v) is 8.19. The zero-order valence-electron chi connectivity index (χ0n) is 19.4. The summed E-state index contributed by atoms with van der Waals surface area (Å²) in [5.74, 6) is 1.56. The van der Waals surface area contributed by atoms with Gasteiger partial charge in [-0.25, -0.2) is 0 Å². The number of methoxy groups -OCH3 is 2. The van der Waals surface area contributed by atoms with E-state index in [9.17, 15) is 9.59 Å². The topological polar surface area (TPSA) is 71.1 Å². The van der Waals surface area contributed by atoms with Crippen molar-refractivity contribution in [2.45, 2.75) is 26.7 Å². The van der Waals surface area contributed by atoms with Gasteiger partial charge in [-0.15, -0.1) is 0 Å². The number of benzene rings is 2. The van der Waals surface area contributed by atoms with Crippen molar-refractivity contribution in [3.63, 3.8) is 0 Å². The Labute approximate surface area is 190 Å². The lowest BCUT2D eigenvalue weighted by Crippen LogP contribution is -2.50. The Morgan fingerprint density at radius 1 is 0.938 bits per heavy atom. The molecular formula is C25H33N3O4. The number of anilines is 1. The summed E-state index contributed by atoms with van der Waals surface area (Å²) in [6, 6.07) is 11.7. The van der Waals surface area contributed by atoms with Crippen LogP contribution in [-0.4, -0.2) is 68.6 Å². The lowest BCUT2D eigenvalue weighted by atomic mass is 10.1. The highest BCUT2D eigenvalue weighted by Crippen LogP contribution is 2.23. The zero-order valence-corrected chi connectivity index (χ0v) is 19.4. The van der Waals surface area contributed by atoms with E-state index in [1.54, 1.807) is 14.2 Å². The molecule has 1 N–H and O–H groups in total. The molecular weight excluding hydrogens is 406 g/mol. The molecule has 0 bridgehead atoms. The second kappa shape index (κ2) is 11.0. The molecule has 7 heteroatoms. The van der Waals surface area contributed by atoms with Crippen molar-refractivity contribution in [1.29, 1.82) is 0 Å². The molecule has 7 nitrogen and oxygen atoms in total. The number of ether oxygens (including phenoxy) is 2. The maximum atomic E-state index is 12.7. The Balaban J connectivity index is 1.45. The smallest absolute Gasteiger partial charge is 0.238 e. The summed E-state index contributed by atoms with van der Waals surface area (Å²) in [4.78, 5) is 29.2. The molecule has 0 atom stereocenters. The van der Waals surface area contributed by atoms with Crippen molar-refractivity contribution in [2.24, 2.45) is 0 Å². The van der Waals surface area contributed by atoms with Crippen molar-refractivity contribution in [1.82, 2.24) is 9.80 Å². The van der Waals surface area contributed by atoms with E-state index in [2.05, 4.69) is 10.2 Å². The number of aryl methyl sites for hydroxylation is 3. The van der Waals surface area contributed by atoms with Crippen LogP contribution in [-0.2, 0) is 16.0 Å². The molecule has 3 rings (SSSR count). The first-order chi connectivity index (χ1) is 15.4. The fourth-order valence-electron chi connectivity index (χ4n) is 3.97. The standard InChI is InChI=1S/C25H33N3O4/c1-18-6-5-7-19(2)25(18)26-23(29)17-27-10-12-28(13-11-27)24(30)9-8-20-14-21(31-3)16-22(15-20)32-4/h5-7,14-16H,8-13,17H2,1-4H3,(H,26,29). The van der Waals surface area contributed by atoms with Crippen LogP contribution in [0.25, 0.3) is 0 Å². The molecule has 172 valence electrons.